The lowest BCUT2D eigenvalue weighted by atomic mass is 10.3. The molecule has 0 saturated carbocycles. The molecule has 0 aliphatic rings. The highest BCUT2D eigenvalue weighted by Crippen LogP contribution is 2.30. The summed E-state index contributed by atoms with van der Waals surface area (Å²) in [6, 6.07) is 0. The van der Waals surface area contributed by atoms with Crippen molar-refractivity contribution in [3.63, 3.8) is 0 Å². The predicted molar refractivity (Wildman–Crippen MR) is 64.6 cm³/mol. The monoisotopic (exact) mass is 254 g/mol. The molecule has 0 aliphatic carbocycles. The van der Waals surface area contributed by atoms with Gasteiger partial charge in [-0.3, -0.25) is 14.9 Å². The topological polar surface area (TPSA) is 102 Å². The van der Waals surface area contributed by atoms with Crippen molar-refractivity contribution in [3.05, 3.63) is 28.5 Å². The van der Waals surface area contributed by atoms with Crippen LogP contribution >= 0.6 is 0 Å². The van der Waals surface area contributed by atoms with E-state index in [-0.39, 0.29) is 30.3 Å². The number of nitro groups is 1. The molecule has 1 N–H and O–H groups in total. The highest BCUT2D eigenvalue weighted by Gasteiger charge is 2.28. The van der Waals surface area contributed by atoms with E-state index in [0.717, 1.165) is 0 Å². The zero-order chi connectivity index (χ0) is 13.9. The maximum absolute atomic E-state index is 11.0. The lowest BCUT2D eigenvalue weighted by molar-refractivity contribution is -0.384. The van der Waals surface area contributed by atoms with Crippen LogP contribution in [0.1, 0.15) is 5.69 Å². The lowest BCUT2D eigenvalue weighted by Gasteiger charge is -2.19. The number of aromatic nitrogens is 2. The summed E-state index contributed by atoms with van der Waals surface area (Å²) in [6.07, 6.45) is 1.48. The number of nitrogens with zero attached hydrogens (tertiary/aromatic N) is 4. The van der Waals surface area contributed by atoms with Crippen molar-refractivity contribution < 1.29 is 14.8 Å². The van der Waals surface area contributed by atoms with Crippen LogP contribution in [0.2, 0.25) is 0 Å². The third-order valence-corrected chi connectivity index (χ3v) is 2.32. The molecular formula is C10H14N4O4. The van der Waals surface area contributed by atoms with Gasteiger partial charge >= 0.3 is 11.7 Å². The standard InChI is InChI=1S/C10H14N4O4/c1-4-5-13(6-8(15)16)10-9(14(17)18)7(2)11-12(10)3/h4H,1,5-6H2,2-3H3,(H,15,16). The summed E-state index contributed by atoms with van der Waals surface area (Å²) < 4.78 is 1.31. The van der Waals surface area contributed by atoms with Crippen LogP contribution in [0.3, 0.4) is 0 Å². The van der Waals surface area contributed by atoms with Crippen molar-refractivity contribution >= 4 is 17.5 Å². The zero-order valence-corrected chi connectivity index (χ0v) is 10.2. The average molecular weight is 254 g/mol. The largest absolute Gasteiger partial charge is 0.480 e. The molecule has 0 bridgehead atoms. The maximum atomic E-state index is 11.0. The Bertz CT molecular complexity index is 494. The molecule has 98 valence electrons. The summed E-state index contributed by atoms with van der Waals surface area (Å²) in [5.74, 6) is -0.912. The molecule has 1 aromatic heterocycles. The molecule has 0 atom stereocenters. The molecule has 0 fully saturated rings. The number of carbonyl (C=O) groups is 1. The number of carboxylic acid groups (broad SMARTS) is 1. The number of hydrogen-bond acceptors (Lipinski definition) is 5. The van der Waals surface area contributed by atoms with E-state index in [1.54, 1.807) is 0 Å². The van der Waals surface area contributed by atoms with E-state index in [1.165, 1.54) is 29.6 Å². The summed E-state index contributed by atoms with van der Waals surface area (Å²) in [6.45, 7) is 4.85. The molecule has 1 aromatic rings. The van der Waals surface area contributed by atoms with E-state index >= 15 is 0 Å². The van der Waals surface area contributed by atoms with Crippen molar-refractivity contribution in [2.75, 3.05) is 18.0 Å². The third-order valence-electron chi connectivity index (χ3n) is 2.32. The summed E-state index contributed by atoms with van der Waals surface area (Å²) >= 11 is 0. The van der Waals surface area contributed by atoms with Gasteiger partial charge in [0.05, 0.1) is 4.92 Å². The van der Waals surface area contributed by atoms with E-state index in [0.29, 0.717) is 0 Å². The molecule has 0 spiro atoms. The third kappa shape index (κ3) is 2.65. The maximum Gasteiger partial charge on any atom is 0.333 e. The van der Waals surface area contributed by atoms with Crippen molar-refractivity contribution in [2.45, 2.75) is 6.92 Å². The molecule has 0 aliphatic heterocycles. The number of hydrogen-bond donors (Lipinski definition) is 1. The number of aryl methyl sites for hydroxylation is 2. The Morgan fingerprint density at radius 1 is 1.72 bits per heavy atom. The summed E-state index contributed by atoms with van der Waals surface area (Å²) in [4.78, 5) is 22.6. The van der Waals surface area contributed by atoms with Gasteiger partial charge in [-0.1, -0.05) is 6.08 Å². The fraction of sp³-hybridized carbons (Fsp3) is 0.400. The Kier molecular flexibility index (Phi) is 4.03. The minimum atomic E-state index is -1.08. The average Bonchev–Trinajstić information content (AvgIpc) is 2.52. The normalized spacial score (nSPS) is 10.1. The van der Waals surface area contributed by atoms with E-state index in [4.69, 9.17) is 5.11 Å². The zero-order valence-electron chi connectivity index (χ0n) is 10.2. The Balaban J connectivity index is 3.29. The SMILES string of the molecule is C=CCN(CC(=O)O)c1c([N+](=O)[O-])c(C)nn1C. The second kappa shape index (κ2) is 5.30. The molecule has 0 unspecified atom stereocenters. The van der Waals surface area contributed by atoms with Gasteiger partial charge in [-0.15, -0.1) is 6.58 Å². The molecule has 0 amide bonds. The van der Waals surface area contributed by atoms with Crippen LogP contribution in [0, 0.1) is 17.0 Å². The van der Waals surface area contributed by atoms with Crippen LogP contribution in [0.5, 0.6) is 0 Å². The van der Waals surface area contributed by atoms with Crippen LogP contribution in [0.4, 0.5) is 11.5 Å². The second-order valence-corrected chi connectivity index (χ2v) is 3.70. The first-order valence-electron chi connectivity index (χ1n) is 5.14. The van der Waals surface area contributed by atoms with Crippen LogP contribution in [0.25, 0.3) is 0 Å². The first-order chi connectivity index (χ1) is 8.38. The van der Waals surface area contributed by atoms with Gasteiger partial charge < -0.3 is 10.0 Å². The molecule has 0 radical (unpaired) electrons. The number of carboxylic acids is 1. The van der Waals surface area contributed by atoms with Crippen molar-refractivity contribution in [3.8, 4) is 0 Å². The summed E-state index contributed by atoms with van der Waals surface area (Å²) in [5, 5.41) is 23.8. The highest BCUT2D eigenvalue weighted by atomic mass is 16.6. The van der Waals surface area contributed by atoms with Gasteiger partial charge in [0.15, 0.2) is 0 Å². The first kappa shape index (κ1) is 13.7. The predicted octanol–water partition coefficient (Wildman–Crippen LogP) is 0.714. The van der Waals surface area contributed by atoms with Gasteiger partial charge in [0.1, 0.15) is 12.2 Å². The van der Waals surface area contributed by atoms with Gasteiger partial charge in [0, 0.05) is 13.6 Å². The van der Waals surface area contributed by atoms with E-state index in [9.17, 15) is 14.9 Å². The summed E-state index contributed by atoms with van der Waals surface area (Å²) in [7, 11) is 1.53. The number of anilines is 1. The van der Waals surface area contributed by atoms with Gasteiger partial charge in [-0.25, -0.2) is 4.68 Å². The Morgan fingerprint density at radius 2 is 2.33 bits per heavy atom. The summed E-state index contributed by atoms with van der Waals surface area (Å²) in [5.41, 5.74) is 0.0672. The smallest absolute Gasteiger partial charge is 0.333 e. The van der Waals surface area contributed by atoms with Gasteiger partial charge in [-0.2, -0.15) is 5.10 Å². The fourth-order valence-electron chi connectivity index (χ4n) is 1.75. The van der Waals surface area contributed by atoms with Crippen LogP contribution in [0.15, 0.2) is 12.7 Å². The quantitative estimate of drug-likeness (QED) is 0.456. The van der Waals surface area contributed by atoms with Crippen LogP contribution in [-0.4, -0.2) is 38.9 Å². The second-order valence-electron chi connectivity index (χ2n) is 3.70. The van der Waals surface area contributed by atoms with Gasteiger partial charge in [0.25, 0.3) is 0 Å². The molecule has 0 saturated heterocycles. The molecule has 18 heavy (non-hydrogen) atoms. The van der Waals surface area contributed by atoms with Gasteiger partial charge in [-0.05, 0) is 6.92 Å². The van der Waals surface area contributed by atoms with E-state index in [2.05, 4.69) is 11.7 Å². The highest BCUT2D eigenvalue weighted by molar-refractivity contribution is 5.75. The molecule has 0 aromatic carbocycles. The minimum Gasteiger partial charge on any atom is -0.480 e. The van der Waals surface area contributed by atoms with E-state index in [1.807, 2.05) is 0 Å². The molecule has 1 rings (SSSR count). The fourth-order valence-corrected chi connectivity index (χ4v) is 1.75. The minimum absolute atomic E-state index is 0.166. The lowest BCUT2D eigenvalue weighted by Crippen LogP contribution is -2.31. The van der Waals surface area contributed by atoms with Crippen molar-refractivity contribution in [1.29, 1.82) is 0 Å². The molecule has 8 heteroatoms. The Labute approximate surface area is 103 Å². The number of rotatable bonds is 6. The Hall–Kier alpha value is -2.38. The molecular weight excluding hydrogens is 240 g/mol. The first-order valence-corrected chi connectivity index (χ1v) is 5.14. The van der Waals surface area contributed by atoms with Gasteiger partial charge in [0.2, 0.25) is 5.82 Å². The Morgan fingerprint density at radius 3 is 2.78 bits per heavy atom. The molecule has 8 nitrogen and oxygen atoms in total. The number of aliphatic carboxylic acids is 1. The molecule has 1 heterocycles. The van der Waals surface area contributed by atoms with E-state index < -0.39 is 10.9 Å². The van der Waals surface area contributed by atoms with Crippen LogP contribution < -0.4 is 4.90 Å². The van der Waals surface area contributed by atoms with Crippen molar-refractivity contribution in [1.82, 2.24) is 9.78 Å². The van der Waals surface area contributed by atoms with Crippen LogP contribution in [-0.2, 0) is 11.8 Å². The van der Waals surface area contributed by atoms with Crippen molar-refractivity contribution in [2.24, 2.45) is 7.05 Å².